The van der Waals surface area contributed by atoms with Gasteiger partial charge in [-0.05, 0) is 37.6 Å². The number of carbonyl (C=O) groups is 2. The van der Waals surface area contributed by atoms with Crippen molar-refractivity contribution in [2.24, 2.45) is 0 Å². The van der Waals surface area contributed by atoms with Crippen LogP contribution in [0, 0.1) is 0 Å². The highest BCUT2D eigenvalue weighted by atomic mass is 16.5. The molecule has 3 N–H and O–H groups in total. The summed E-state index contributed by atoms with van der Waals surface area (Å²) in [6.07, 6.45) is 0.972. The lowest BCUT2D eigenvalue weighted by Crippen LogP contribution is -2.34. The fourth-order valence-electron chi connectivity index (χ4n) is 1.69. The van der Waals surface area contributed by atoms with Crippen molar-refractivity contribution >= 4 is 17.5 Å². The van der Waals surface area contributed by atoms with Crippen LogP contribution in [0.4, 0.5) is 5.69 Å². The highest BCUT2D eigenvalue weighted by Crippen LogP contribution is 2.09. The van der Waals surface area contributed by atoms with Crippen LogP contribution in [0.25, 0.3) is 0 Å². The van der Waals surface area contributed by atoms with Crippen LogP contribution in [0.1, 0.15) is 30.6 Å². The Morgan fingerprint density at radius 2 is 1.91 bits per heavy atom. The van der Waals surface area contributed by atoms with E-state index in [0.29, 0.717) is 30.4 Å². The number of amides is 2. The third-order valence-electron chi connectivity index (χ3n) is 3.25. The summed E-state index contributed by atoms with van der Waals surface area (Å²) in [7, 11) is 1.58. The molecule has 0 aliphatic carbocycles. The monoisotopic (exact) mass is 307 g/mol. The Labute approximate surface area is 131 Å². The van der Waals surface area contributed by atoms with Gasteiger partial charge in [-0.2, -0.15) is 0 Å². The minimum absolute atomic E-state index is 0.0994. The molecule has 0 heterocycles. The molecule has 0 radical (unpaired) electrons. The summed E-state index contributed by atoms with van der Waals surface area (Å²) in [5.41, 5.74) is 1.22. The first kappa shape index (κ1) is 18.1. The summed E-state index contributed by atoms with van der Waals surface area (Å²) in [6.45, 7) is 5.31. The van der Waals surface area contributed by atoms with Gasteiger partial charge in [-0.1, -0.05) is 6.92 Å². The average molecular weight is 307 g/mol. The highest BCUT2D eigenvalue weighted by Gasteiger charge is 2.07. The van der Waals surface area contributed by atoms with E-state index in [4.69, 9.17) is 4.74 Å². The first-order valence-corrected chi connectivity index (χ1v) is 7.47. The summed E-state index contributed by atoms with van der Waals surface area (Å²) in [6, 6.07) is 7.10. The third kappa shape index (κ3) is 6.69. The van der Waals surface area contributed by atoms with Crippen molar-refractivity contribution < 1.29 is 14.3 Å². The van der Waals surface area contributed by atoms with Crippen LogP contribution >= 0.6 is 0 Å². The summed E-state index contributed by atoms with van der Waals surface area (Å²) in [4.78, 5) is 23.6. The maximum atomic E-state index is 11.8. The second-order valence-electron chi connectivity index (χ2n) is 5.06. The molecule has 1 unspecified atom stereocenters. The molecule has 6 heteroatoms. The Hall–Kier alpha value is -1.92. The van der Waals surface area contributed by atoms with Crippen molar-refractivity contribution in [3.05, 3.63) is 29.8 Å². The number of rotatable bonds is 9. The fraction of sp³-hybridized carbons (Fsp3) is 0.500. The van der Waals surface area contributed by atoms with E-state index in [1.54, 1.807) is 31.4 Å². The lowest BCUT2D eigenvalue weighted by atomic mass is 10.2. The Morgan fingerprint density at radius 3 is 2.50 bits per heavy atom. The van der Waals surface area contributed by atoms with Gasteiger partial charge in [0.15, 0.2) is 0 Å². The molecule has 0 aliphatic heterocycles. The molecule has 0 aliphatic rings. The average Bonchev–Trinajstić information content (AvgIpc) is 2.53. The van der Waals surface area contributed by atoms with Gasteiger partial charge in [-0.3, -0.25) is 9.59 Å². The number of hydrogen-bond acceptors (Lipinski definition) is 4. The largest absolute Gasteiger partial charge is 0.383 e. The summed E-state index contributed by atoms with van der Waals surface area (Å²) in [5, 5.41) is 8.65. The van der Waals surface area contributed by atoms with Gasteiger partial charge in [0.25, 0.3) is 5.91 Å². The number of benzene rings is 1. The van der Waals surface area contributed by atoms with E-state index in [-0.39, 0.29) is 18.4 Å². The van der Waals surface area contributed by atoms with Crippen LogP contribution in [0.2, 0.25) is 0 Å². The maximum Gasteiger partial charge on any atom is 0.251 e. The smallest absolute Gasteiger partial charge is 0.251 e. The van der Waals surface area contributed by atoms with Gasteiger partial charge < -0.3 is 20.7 Å². The van der Waals surface area contributed by atoms with Crippen LogP contribution < -0.4 is 16.0 Å². The van der Waals surface area contributed by atoms with Gasteiger partial charge in [0.2, 0.25) is 5.91 Å². The van der Waals surface area contributed by atoms with Crippen molar-refractivity contribution in [3.8, 4) is 0 Å². The van der Waals surface area contributed by atoms with Crippen molar-refractivity contribution in [2.75, 3.05) is 32.1 Å². The predicted molar refractivity (Wildman–Crippen MR) is 87.0 cm³/mol. The van der Waals surface area contributed by atoms with E-state index in [1.807, 2.05) is 6.92 Å². The normalized spacial score (nSPS) is 11.8. The standard InChI is InChI=1S/C16H25N3O3/c1-4-12(2)18-11-15(20)19-14-7-5-13(6-8-14)16(21)17-9-10-22-3/h5-8,12,18H,4,9-11H2,1-3H3,(H,17,21)(H,19,20). The van der Waals surface area contributed by atoms with Gasteiger partial charge in [0.1, 0.15) is 0 Å². The van der Waals surface area contributed by atoms with Gasteiger partial charge in [0, 0.05) is 30.9 Å². The minimum atomic E-state index is -0.159. The predicted octanol–water partition coefficient (Wildman–Crippen LogP) is 1.39. The number of hydrogen-bond donors (Lipinski definition) is 3. The Balaban J connectivity index is 2.44. The number of nitrogens with one attached hydrogen (secondary N) is 3. The molecule has 0 saturated heterocycles. The Morgan fingerprint density at radius 1 is 1.23 bits per heavy atom. The molecule has 0 saturated carbocycles. The second kappa shape index (κ2) is 9.92. The summed E-state index contributed by atoms with van der Waals surface area (Å²) < 4.78 is 4.87. The van der Waals surface area contributed by atoms with Gasteiger partial charge >= 0.3 is 0 Å². The van der Waals surface area contributed by atoms with Crippen molar-refractivity contribution in [1.29, 1.82) is 0 Å². The molecule has 122 valence electrons. The zero-order valence-electron chi connectivity index (χ0n) is 13.4. The van der Waals surface area contributed by atoms with Crippen LogP contribution in [-0.2, 0) is 9.53 Å². The van der Waals surface area contributed by atoms with Gasteiger partial charge in [-0.25, -0.2) is 0 Å². The topological polar surface area (TPSA) is 79.5 Å². The summed E-state index contributed by atoms with van der Waals surface area (Å²) >= 11 is 0. The van der Waals surface area contributed by atoms with E-state index in [2.05, 4.69) is 22.9 Å². The molecular formula is C16H25N3O3. The molecule has 0 spiro atoms. The SMILES string of the molecule is CCC(C)NCC(=O)Nc1ccc(C(=O)NCCOC)cc1. The Kier molecular flexibility index (Phi) is 8.17. The van der Waals surface area contributed by atoms with E-state index < -0.39 is 0 Å². The van der Waals surface area contributed by atoms with Crippen molar-refractivity contribution in [3.63, 3.8) is 0 Å². The zero-order valence-corrected chi connectivity index (χ0v) is 13.4. The summed E-state index contributed by atoms with van der Waals surface area (Å²) in [5.74, 6) is -0.258. The number of ether oxygens (including phenoxy) is 1. The number of anilines is 1. The quantitative estimate of drug-likeness (QED) is 0.602. The number of methoxy groups -OCH3 is 1. The molecule has 1 aromatic carbocycles. The lowest BCUT2D eigenvalue weighted by molar-refractivity contribution is -0.115. The Bertz CT molecular complexity index is 474. The first-order valence-electron chi connectivity index (χ1n) is 7.47. The van der Waals surface area contributed by atoms with E-state index in [0.717, 1.165) is 6.42 Å². The molecule has 2 amide bonds. The van der Waals surface area contributed by atoms with Crippen LogP contribution in [0.5, 0.6) is 0 Å². The van der Waals surface area contributed by atoms with Crippen molar-refractivity contribution in [2.45, 2.75) is 26.3 Å². The van der Waals surface area contributed by atoms with Gasteiger partial charge in [-0.15, -0.1) is 0 Å². The zero-order chi connectivity index (χ0) is 16.4. The van der Waals surface area contributed by atoms with E-state index in [1.165, 1.54) is 0 Å². The minimum Gasteiger partial charge on any atom is -0.383 e. The molecule has 0 fully saturated rings. The van der Waals surface area contributed by atoms with E-state index in [9.17, 15) is 9.59 Å². The van der Waals surface area contributed by atoms with Gasteiger partial charge in [0.05, 0.1) is 13.2 Å². The second-order valence-corrected chi connectivity index (χ2v) is 5.06. The molecule has 1 aromatic rings. The third-order valence-corrected chi connectivity index (χ3v) is 3.25. The van der Waals surface area contributed by atoms with Crippen LogP contribution in [0.3, 0.4) is 0 Å². The van der Waals surface area contributed by atoms with Crippen molar-refractivity contribution in [1.82, 2.24) is 10.6 Å². The molecule has 1 rings (SSSR count). The molecule has 1 atom stereocenters. The number of carbonyl (C=O) groups excluding carboxylic acids is 2. The molecule has 22 heavy (non-hydrogen) atoms. The molecule has 6 nitrogen and oxygen atoms in total. The fourth-order valence-corrected chi connectivity index (χ4v) is 1.69. The first-order chi connectivity index (χ1) is 10.6. The van der Waals surface area contributed by atoms with E-state index >= 15 is 0 Å². The maximum absolute atomic E-state index is 11.8. The highest BCUT2D eigenvalue weighted by molar-refractivity contribution is 5.96. The van der Waals surface area contributed by atoms with Crippen LogP contribution in [-0.4, -0.2) is 44.7 Å². The molecular weight excluding hydrogens is 282 g/mol. The van der Waals surface area contributed by atoms with Crippen LogP contribution in [0.15, 0.2) is 24.3 Å². The molecule has 0 aromatic heterocycles. The molecule has 0 bridgehead atoms. The lowest BCUT2D eigenvalue weighted by Gasteiger charge is -2.11.